The Bertz CT molecular complexity index is 1140. The van der Waals surface area contributed by atoms with Crippen LogP contribution in [0.3, 0.4) is 0 Å². The van der Waals surface area contributed by atoms with Gasteiger partial charge in [0.15, 0.2) is 5.13 Å². The Morgan fingerprint density at radius 2 is 1.85 bits per heavy atom. The first-order valence-corrected chi connectivity index (χ1v) is 12.3. The number of hydrogen-bond donors (Lipinski definition) is 2. The van der Waals surface area contributed by atoms with Crippen molar-refractivity contribution in [1.82, 2.24) is 9.88 Å². The molecule has 1 unspecified atom stereocenters. The second kappa shape index (κ2) is 11.0. The Hall–Kier alpha value is -2.94. The van der Waals surface area contributed by atoms with Crippen LogP contribution in [0.5, 0.6) is 0 Å². The molecule has 0 bridgehead atoms. The number of likely N-dealkylation sites (tertiary alicyclic amines) is 1. The molecular weight excluding hydrogens is 472 g/mol. The zero-order valence-corrected chi connectivity index (χ0v) is 20.7. The van der Waals surface area contributed by atoms with Crippen molar-refractivity contribution >= 4 is 39.9 Å². The molecule has 1 fully saturated rings. The maximum absolute atomic E-state index is 12.6. The SMILES string of the molecule is COC(=N)c1ccc(-c2csc(NC3CCN(C(C(=O)OC)c4ccccc4Cl)CC3)n2)cc1. The number of thiazole rings is 1. The van der Waals surface area contributed by atoms with Crippen LogP contribution < -0.4 is 5.32 Å². The Balaban J connectivity index is 1.38. The molecule has 0 radical (unpaired) electrons. The molecule has 2 heterocycles. The fraction of sp³-hybridized carbons (Fsp3) is 0.320. The third-order valence-electron chi connectivity index (χ3n) is 6.00. The van der Waals surface area contributed by atoms with E-state index in [1.54, 1.807) is 17.4 Å². The number of halogens is 1. The number of esters is 1. The van der Waals surface area contributed by atoms with Crippen molar-refractivity contribution < 1.29 is 14.3 Å². The highest BCUT2D eigenvalue weighted by Gasteiger charge is 2.33. The number of carbonyl (C=O) groups is 1. The number of nitrogens with one attached hydrogen (secondary N) is 2. The van der Waals surface area contributed by atoms with Crippen molar-refractivity contribution in [2.45, 2.75) is 24.9 Å². The highest BCUT2D eigenvalue weighted by molar-refractivity contribution is 7.14. The monoisotopic (exact) mass is 498 g/mol. The lowest BCUT2D eigenvalue weighted by Crippen LogP contribution is -2.43. The lowest BCUT2D eigenvalue weighted by Gasteiger charge is -2.36. The lowest BCUT2D eigenvalue weighted by atomic mass is 9.99. The topological polar surface area (TPSA) is 87.5 Å². The van der Waals surface area contributed by atoms with E-state index >= 15 is 0 Å². The zero-order chi connectivity index (χ0) is 24.1. The summed E-state index contributed by atoms with van der Waals surface area (Å²) in [6.07, 6.45) is 1.75. The molecule has 0 spiro atoms. The number of methoxy groups -OCH3 is 2. The number of piperidine rings is 1. The minimum absolute atomic E-state index is 0.141. The standard InChI is InChI=1S/C25H27ClN4O3S/c1-32-23(27)17-9-7-16(8-10-17)21-15-34-25(29-21)28-18-11-13-30(14-12-18)22(24(31)33-2)19-5-3-4-6-20(19)26/h3-10,15,18,22,27H,11-14H2,1-2H3,(H,28,29). The molecule has 1 aromatic heterocycles. The van der Waals surface area contributed by atoms with Crippen LogP contribution in [0.2, 0.25) is 5.02 Å². The van der Waals surface area contributed by atoms with Crippen LogP contribution >= 0.6 is 22.9 Å². The van der Waals surface area contributed by atoms with Gasteiger partial charge in [-0.1, -0.05) is 41.9 Å². The van der Waals surface area contributed by atoms with Crippen molar-refractivity contribution in [3.63, 3.8) is 0 Å². The average Bonchev–Trinajstić information content (AvgIpc) is 3.34. The van der Waals surface area contributed by atoms with Crippen molar-refractivity contribution in [3.05, 3.63) is 70.1 Å². The van der Waals surface area contributed by atoms with E-state index in [4.69, 9.17) is 31.5 Å². The maximum Gasteiger partial charge on any atom is 0.327 e. The number of benzene rings is 2. The van der Waals surface area contributed by atoms with Gasteiger partial charge >= 0.3 is 5.97 Å². The molecule has 2 aromatic carbocycles. The summed E-state index contributed by atoms with van der Waals surface area (Å²) in [5.41, 5.74) is 3.39. The molecule has 1 saturated heterocycles. The van der Waals surface area contributed by atoms with E-state index in [2.05, 4.69) is 10.2 Å². The number of ether oxygens (including phenoxy) is 2. The molecule has 2 N–H and O–H groups in total. The van der Waals surface area contributed by atoms with Gasteiger partial charge in [0.25, 0.3) is 0 Å². The molecule has 34 heavy (non-hydrogen) atoms. The van der Waals surface area contributed by atoms with Crippen LogP contribution in [-0.4, -0.2) is 55.1 Å². The highest BCUT2D eigenvalue weighted by atomic mass is 35.5. The van der Waals surface area contributed by atoms with Gasteiger partial charge in [-0.15, -0.1) is 11.3 Å². The van der Waals surface area contributed by atoms with E-state index in [1.807, 2.05) is 47.8 Å². The minimum atomic E-state index is -0.506. The molecule has 1 atom stereocenters. The molecule has 1 aliphatic rings. The summed E-state index contributed by atoms with van der Waals surface area (Å²) < 4.78 is 10.1. The summed E-state index contributed by atoms with van der Waals surface area (Å²) in [7, 11) is 2.90. The van der Waals surface area contributed by atoms with E-state index in [0.29, 0.717) is 5.02 Å². The molecule has 3 aromatic rings. The van der Waals surface area contributed by atoms with Crippen LogP contribution in [0.4, 0.5) is 5.13 Å². The summed E-state index contributed by atoms with van der Waals surface area (Å²) in [6, 6.07) is 14.8. The van der Waals surface area contributed by atoms with Gasteiger partial charge in [0.1, 0.15) is 6.04 Å². The number of hydrogen-bond acceptors (Lipinski definition) is 8. The smallest absolute Gasteiger partial charge is 0.327 e. The molecular formula is C25H27ClN4O3S. The first kappa shape index (κ1) is 24.2. The van der Waals surface area contributed by atoms with Crippen molar-refractivity contribution in [3.8, 4) is 11.3 Å². The molecule has 0 amide bonds. The maximum atomic E-state index is 12.6. The second-order valence-electron chi connectivity index (χ2n) is 8.05. The Kier molecular flexibility index (Phi) is 7.82. The quantitative estimate of drug-likeness (QED) is 0.263. The largest absolute Gasteiger partial charge is 0.481 e. The molecule has 178 valence electrons. The number of aromatic nitrogens is 1. The normalized spacial score (nSPS) is 15.5. The first-order chi connectivity index (χ1) is 16.5. The Morgan fingerprint density at radius 3 is 2.50 bits per heavy atom. The summed E-state index contributed by atoms with van der Waals surface area (Å²) in [5.74, 6) is -0.154. The predicted molar refractivity (Wildman–Crippen MR) is 136 cm³/mol. The van der Waals surface area contributed by atoms with E-state index in [-0.39, 0.29) is 17.9 Å². The van der Waals surface area contributed by atoms with Crippen molar-refractivity contribution in [2.24, 2.45) is 0 Å². The molecule has 0 saturated carbocycles. The van der Waals surface area contributed by atoms with Crippen LogP contribution in [0, 0.1) is 5.41 Å². The Morgan fingerprint density at radius 1 is 1.15 bits per heavy atom. The van der Waals surface area contributed by atoms with E-state index in [9.17, 15) is 4.79 Å². The van der Waals surface area contributed by atoms with Gasteiger partial charge in [-0.05, 0) is 36.6 Å². The van der Waals surface area contributed by atoms with Gasteiger partial charge in [-0.25, -0.2) is 9.78 Å². The van der Waals surface area contributed by atoms with E-state index in [1.165, 1.54) is 14.2 Å². The fourth-order valence-corrected chi connectivity index (χ4v) is 5.18. The highest BCUT2D eigenvalue weighted by Crippen LogP contribution is 2.32. The predicted octanol–water partition coefficient (Wildman–Crippen LogP) is 5.23. The lowest BCUT2D eigenvalue weighted by molar-refractivity contribution is -0.147. The number of nitrogens with zero attached hydrogens (tertiary/aromatic N) is 2. The average molecular weight is 499 g/mol. The van der Waals surface area contributed by atoms with Crippen LogP contribution in [0.1, 0.15) is 30.0 Å². The van der Waals surface area contributed by atoms with Crippen LogP contribution in [-0.2, 0) is 14.3 Å². The minimum Gasteiger partial charge on any atom is -0.481 e. The molecule has 1 aliphatic heterocycles. The third-order valence-corrected chi connectivity index (χ3v) is 7.12. The number of carbonyl (C=O) groups excluding carboxylic acids is 1. The summed E-state index contributed by atoms with van der Waals surface area (Å²) >= 11 is 7.96. The van der Waals surface area contributed by atoms with E-state index < -0.39 is 6.04 Å². The summed E-state index contributed by atoms with van der Waals surface area (Å²) in [5, 5.41) is 14.8. The first-order valence-electron chi connectivity index (χ1n) is 11.0. The fourth-order valence-electron chi connectivity index (χ4n) is 4.14. The molecule has 7 nitrogen and oxygen atoms in total. The third kappa shape index (κ3) is 5.41. The summed E-state index contributed by atoms with van der Waals surface area (Å²) in [6.45, 7) is 1.49. The van der Waals surface area contributed by atoms with Crippen molar-refractivity contribution in [2.75, 3.05) is 32.6 Å². The van der Waals surface area contributed by atoms with Gasteiger partial charge in [0.2, 0.25) is 5.90 Å². The molecule has 9 heteroatoms. The van der Waals surface area contributed by atoms with Crippen LogP contribution in [0.15, 0.2) is 53.9 Å². The van der Waals surface area contributed by atoms with Gasteiger partial charge in [0.05, 0.1) is 19.9 Å². The van der Waals surface area contributed by atoms with Crippen molar-refractivity contribution in [1.29, 1.82) is 5.41 Å². The van der Waals surface area contributed by atoms with Crippen LogP contribution in [0.25, 0.3) is 11.3 Å². The molecule has 4 rings (SSSR count). The molecule has 0 aliphatic carbocycles. The zero-order valence-electron chi connectivity index (χ0n) is 19.1. The second-order valence-corrected chi connectivity index (χ2v) is 9.32. The van der Waals surface area contributed by atoms with Gasteiger partial charge in [-0.3, -0.25) is 10.3 Å². The van der Waals surface area contributed by atoms with Gasteiger partial charge < -0.3 is 14.8 Å². The van der Waals surface area contributed by atoms with Gasteiger partial charge in [-0.2, -0.15) is 0 Å². The van der Waals surface area contributed by atoms with Gasteiger partial charge in [0, 0.05) is 40.7 Å². The number of anilines is 1. The Labute approximate surface area is 208 Å². The summed E-state index contributed by atoms with van der Waals surface area (Å²) in [4.78, 5) is 19.5. The van der Waals surface area contributed by atoms with E-state index in [0.717, 1.165) is 53.4 Å². The number of rotatable bonds is 7.